The number of carboxylic acid groups (broad SMARTS) is 1. The van der Waals surface area contributed by atoms with Crippen molar-refractivity contribution in [3.63, 3.8) is 0 Å². The average molecular weight is 279 g/mol. The zero-order valence-electron chi connectivity index (χ0n) is 12.0. The Kier molecular flexibility index (Phi) is 4.42. The number of nitrogens with zero attached hydrogens (tertiary/aromatic N) is 3. The second kappa shape index (κ2) is 6.07. The fourth-order valence-electron chi connectivity index (χ4n) is 2.74. The van der Waals surface area contributed by atoms with Crippen molar-refractivity contribution in [1.82, 2.24) is 9.97 Å². The van der Waals surface area contributed by atoms with E-state index in [-0.39, 0.29) is 0 Å². The molecule has 1 aromatic rings. The molecule has 0 aromatic carbocycles. The van der Waals surface area contributed by atoms with Crippen LogP contribution < -0.4 is 9.64 Å². The van der Waals surface area contributed by atoms with E-state index in [0.29, 0.717) is 44.2 Å². The monoisotopic (exact) mass is 279 g/mol. The summed E-state index contributed by atoms with van der Waals surface area (Å²) in [6.07, 6.45) is 5.44. The van der Waals surface area contributed by atoms with Crippen LogP contribution in [0.4, 0.5) is 5.82 Å². The molecule has 1 unspecified atom stereocenters. The molecule has 0 bridgehead atoms. The van der Waals surface area contributed by atoms with Gasteiger partial charge < -0.3 is 14.7 Å². The maximum absolute atomic E-state index is 11.6. The Morgan fingerprint density at radius 2 is 2.30 bits per heavy atom. The molecule has 1 atom stereocenters. The zero-order chi connectivity index (χ0) is 14.6. The molecule has 6 heteroatoms. The van der Waals surface area contributed by atoms with Crippen molar-refractivity contribution in [3.8, 4) is 5.88 Å². The highest BCUT2D eigenvalue weighted by atomic mass is 16.5. The molecule has 1 aromatic heterocycles. The van der Waals surface area contributed by atoms with Crippen LogP contribution in [0.2, 0.25) is 0 Å². The minimum Gasteiger partial charge on any atom is -0.481 e. The Hall–Kier alpha value is -1.85. The molecule has 20 heavy (non-hydrogen) atoms. The quantitative estimate of drug-likeness (QED) is 0.858. The van der Waals surface area contributed by atoms with Gasteiger partial charge in [-0.2, -0.15) is 4.98 Å². The molecule has 1 aliphatic rings. The molecule has 0 spiro atoms. The molecule has 1 saturated heterocycles. The van der Waals surface area contributed by atoms with Crippen LogP contribution in [0.5, 0.6) is 5.88 Å². The molecule has 0 saturated carbocycles. The summed E-state index contributed by atoms with van der Waals surface area (Å²) in [4.78, 5) is 22.0. The molecule has 0 amide bonds. The fraction of sp³-hybridized carbons (Fsp3) is 0.643. The zero-order valence-corrected chi connectivity index (χ0v) is 12.0. The molecule has 0 aliphatic carbocycles. The summed E-state index contributed by atoms with van der Waals surface area (Å²) >= 11 is 0. The first-order valence-corrected chi connectivity index (χ1v) is 7.04. The summed E-state index contributed by atoms with van der Waals surface area (Å²) in [6, 6.07) is 0. The Labute approximate surface area is 118 Å². The molecule has 2 rings (SSSR count). The van der Waals surface area contributed by atoms with E-state index < -0.39 is 11.4 Å². The van der Waals surface area contributed by atoms with Gasteiger partial charge in [-0.05, 0) is 19.8 Å². The van der Waals surface area contributed by atoms with E-state index in [0.717, 1.165) is 6.42 Å². The maximum atomic E-state index is 11.6. The van der Waals surface area contributed by atoms with Crippen LogP contribution in [-0.2, 0) is 4.79 Å². The topological polar surface area (TPSA) is 75.5 Å². The van der Waals surface area contributed by atoms with Gasteiger partial charge in [-0.15, -0.1) is 0 Å². The predicted molar refractivity (Wildman–Crippen MR) is 75.0 cm³/mol. The Morgan fingerprint density at radius 3 is 2.95 bits per heavy atom. The lowest BCUT2D eigenvalue weighted by atomic mass is 9.83. The van der Waals surface area contributed by atoms with Crippen molar-refractivity contribution < 1.29 is 14.6 Å². The first kappa shape index (κ1) is 14.6. The van der Waals surface area contributed by atoms with E-state index in [1.54, 1.807) is 12.4 Å². The highest BCUT2D eigenvalue weighted by Gasteiger charge is 2.44. The van der Waals surface area contributed by atoms with Crippen molar-refractivity contribution in [1.29, 1.82) is 0 Å². The van der Waals surface area contributed by atoms with Crippen LogP contribution >= 0.6 is 0 Å². The van der Waals surface area contributed by atoms with Gasteiger partial charge in [0.1, 0.15) is 0 Å². The van der Waals surface area contributed by atoms with Gasteiger partial charge in [0.05, 0.1) is 24.4 Å². The van der Waals surface area contributed by atoms with Crippen LogP contribution in [0.15, 0.2) is 12.4 Å². The summed E-state index contributed by atoms with van der Waals surface area (Å²) in [7, 11) is 0. The molecule has 6 nitrogen and oxygen atoms in total. The first-order valence-electron chi connectivity index (χ1n) is 7.04. The smallest absolute Gasteiger partial charge is 0.311 e. The van der Waals surface area contributed by atoms with Gasteiger partial charge in [0.15, 0.2) is 5.82 Å². The number of rotatable bonds is 6. The van der Waals surface area contributed by atoms with Crippen LogP contribution in [0.25, 0.3) is 0 Å². The standard InChI is InChI=1S/C14H21N3O3/c1-3-5-14(13(18)19)6-7-17(10-14)11-8-15-9-12(16-11)20-4-2/h8-9H,3-7,10H2,1-2H3,(H,18,19). The third-order valence-corrected chi connectivity index (χ3v) is 3.75. The molecular weight excluding hydrogens is 258 g/mol. The van der Waals surface area contributed by atoms with E-state index in [1.165, 1.54) is 0 Å². The Morgan fingerprint density at radius 1 is 1.50 bits per heavy atom. The summed E-state index contributed by atoms with van der Waals surface area (Å²) in [5.41, 5.74) is -0.655. The van der Waals surface area contributed by atoms with Gasteiger partial charge in [0.25, 0.3) is 0 Å². The third kappa shape index (κ3) is 2.84. The highest BCUT2D eigenvalue weighted by molar-refractivity contribution is 5.76. The maximum Gasteiger partial charge on any atom is 0.311 e. The number of aliphatic carboxylic acids is 1. The van der Waals surface area contributed by atoms with Gasteiger partial charge in [-0.25, -0.2) is 0 Å². The van der Waals surface area contributed by atoms with Crippen molar-refractivity contribution in [2.75, 3.05) is 24.6 Å². The highest BCUT2D eigenvalue weighted by Crippen LogP contribution is 2.37. The van der Waals surface area contributed by atoms with Crippen molar-refractivity contribution in [2.45, 2.75) is 33.1 Å². The summed E-state index contributed by atoms with van der Waals surface area (Å²) < 4.78 is 5.34. The second-order valence-corrected chi connectivity index (χ2v) is 5.16. The Bertz CT molecular complexity index is 480. The number of carboxylic acids is 1. The number of anilines is 1. The number of aromatic nitrogens is 2. The van der Waals surface area contributed by atoms with Crippen LogP contribution in [0.3, 0.4) is 0 Å². The Balaban J connectivity index is 2.15. The molecule has 1 N–H and O–H groups in total. The minimum absolute atomic E-state index is 0.480. The second-order valence-electron chi connectivity index (χ2n) is 5.16. The summed E-state index contributed by atoms with van der Waals surface area (Å²) in [5, 5.41) is 9.51. The largest absolute Gasteiger partial charge is 0.481 e. The summed E-state index contributed by atoms with van der Waals surface area (Å²) in [5.74, 6) is 0.458. The summed E-state index contributed by atoms with van der Waals surface area (Å²) in [6.45, 7) is 5.62. The van der Waals surface area contributed by atoms with Crippen LogP contribution in [0, 0.1) is 5.41 Å². The number of ether oxygens (including phenoxy) is 1. The van der Waals surface area contributed by atoms with Crippen LogP contribution in [-0.4, -0.2) is 40.7 Å². The van der Waals surface area contributed by atoms with E-state index in [9.17, 15) is 9.90 Å². The number of hydrogen-bond donors (Lipinski definition) is 1. The normalized spacial score (nSPS) is 22.0. The van der Waals surface area contributed by atoms with E-state index in [4.69, 9.17) is 4.74 Å². The minimum atomic E-state index is -0.712. The van der Waals surface area contributed by atoms with Gasteiger partial charge in [0, 0.05) is 13.1 Å². The predicted octanol–water partition coefficient (Wildman–Crippen LogP) is 1.96. The van der Waals surface area contributed by atoms with Gasteiger partial charge in [-0.1, -0.05) is 13.3 Å². The van der Waals surface area contributed by atoms with E-state index in [2.05, 4.69) is 9.97 Å². The lowest BCUT2D eigenvalue weighted by Gasteiger charge is -2.24. The van der Waals surface area contributed by atoms with E-state index in [1.807, 2.05) is 18.7 Å². The van der Waals surface area contributed by atoms with Crippen molar-refractivity contribution in [3.05, 3.63) is 12.4 Å². The number of hydrogen-bond acceptors (Lipinski definition) is 5. The molecule has 110 valence electrons. The SMILES string of the molecule is CCCC1(C(=O)O)CCN(c2cncc(OCC)n2)C1. The lowest BCUT2D eigenvalue weighted by Crippen LogP contribution is -2.34. The fourth-order valence-corrected chi connectivity index (χ4v) is 2.74. The average Bonchev–Trinajstić information content (AvgIpc) is 2.86. The van der Waals surface area contributed by atoms with Crippen molar-refractivity contribution in [2.24, 2.45) is 5.41 Å². The van der Waals surface area contributed by atoms with Gasteiger partial charge in [0.2, 0.25) is 5.88 Å². The van der Waals surface area contributed by atoms with E-state index >= 15 is 0 Å². The van der Waals surface area contributed by atoms with Gasteiger partial charge >= 0.3 is 5.97 Å². The van der Waals surface area contributed by atoms with Crippen molar-refractivity contribution >= 4 is 11.8 Å². The number of carbonyl (C=O) groups is 1. The van der Waals surface area contributed by atoms with Gasteiger partial charge in [-0.3, -0.25) is 9.78 Å². The molecule has 1 fully saturated rings. The molecule has 2 heterocycles. The first-order chi connectivity index (χ1) is 9.61. The molecular formula is C14H21N3O3. The van der Waals surface area contributed by atoms with Crippen LogP contribution in [0.1, 0.15) is 33.1 Å². The lowest BCUT2D eigenvalue weighted by molar-refractivity contribution is -0.148. The molecule has 0 radical (unpaired) electrons. The third-order valence-electron chi connectivity index (χ3n) is 3.75. The molecule has 1 aliphatic heterocycles.